The van der Waals surface area contributed by atoms with Crippen molar-refractivity contribution in [2.45, 2.75) is 66.5 Å². The summed E-state index contributed by atoms with van der Waals surface area (Å²) in [6.07, 6.45) is 0.940. The maximum atomic E-state index is 13.8. The number of aromatic hydroxyl groups is 1. The van der Waals surface area contributed by atoms with E-state index in [1.165, 1.54) is 12.1 Å². The van der Waals surface area contributed by atoms with Crippen LogP contribution in [-0.4, -0.2) is 85.8 Å². The van der Waals surface area contributed by atoms with E-state index in [0.717, 1.165) is 11.3 Å². The zero-order chi connectivity index (χ0) is 34.5. The second-order valence-corrected chi connectivity index (χ2v) is 13.5. The smallest absolute Gasteiger partial charge is 0.243 e. The molecule has 0 bridgehead atoms. The Morgan fingerprint density at radius 2 is 1.64 bits per heavy atom. The number of benzene rings is 2. The highest BCUT2D eigenvalue weighted by atomic mass is 19.1. The summed E-state index contributed by atoms with van der Waals surface area (Å²) in [5.41, 5.74) is 1.63. The molecule has 11 heteroatoms. The Labute approximate surface area is 278 Å². The molecule has 3 rings (SSSR count). The maximum Gasteiger partial charge on any atom is 0.243 e. The molecule has 4 atom stereocenters. The van der Waals surface area contributed by atoms with E-state index in [4.69, 9.17) is 9.47 Å². The Kier molecular flexibility index (Phi) is 14.9. The van der Waals surface area contributed by atoms with E-state index in [1.54, 1.807) is 13.0 Å². The van der Waals surface area contributed by atoms with Crippen LogP contribution < -0.4 is 20.7 Å². The predicted octanol–water partition coefficient (Wildman–Crippen LogP) is 3.70. The highest BCUT2D eigenvalue weighted by Crippen LogP contribution is 2.22. The zero-order valence-corrected chi connectivity index (χ0v) is 28.7. The fourth-order valence-corrected chi connectivity index (χ4v) is 5.37. The lowest BCUT2D eigenvalue weighted by Crippen LogP contribution is -2.59. The normalized spacial score (nSPS) is 16.3. The summed E-state index contributed by atoms with van der Waals surface area (Å²) >= 11 is 0. The van der Waals surface area contributed by atoms with E-state index >= 15 is 0 Å². The van der Waals surface area contributed by atoms with Gasteiger partial charge in [-0.1, -0.05) is 65.8 Å². The van der Waals surface area contributed by atoms with E-state index in [2.05, 4.69) is 41.6 Å². The molecule has 0 spiro atoms. The van der Waals surface area contributed by atoms with Crippen molar-refractivity contribution in [3.63, 3.8) is 0 Å². The first-order valence-electron chi connectivity index (χ1n) is 16.7. The number of hydrogen-bond acceptors (Lipinski definition) is 7. The van der Waals surface area contributed by atoms with E-state index in [-0.39, 0.29) is 30.1 Å². The second kappa shape index (κ2) is 18.6. The molecule has 1 aliphatic rings. The van der Waals surface area contributed by atoms with Crippen LogP contribution >= 0.6 is 0 Å². The van der Waals surface area contributed by atoms with Gasteiger partial charge in [0.25, 0.3) is 0 Å². The number of nitrogens with zero attached hydrogens (tertiary/aromatic N) is 1. The van der Waals surface area contributed by atoms with Crippen molar-refractivity contribution < 1.29 is 33.4 Å². The predicted molar refractivity (Wildman–Crippen MR) is 180 cm³/mol. The molecule has 260 valence electrons. The number of halogens is 1. The largest absolute Gasteiger partial charge is 0.505 e. The molecular weight excluding hydrogens is 603 g/mol. The molecule has 10 nitrogen and oxygen atoms in total. The van der Waals surface area contributed by atoms with Crippen LogP contribution in [0.1, 0.15) is 52.7 Å². The highest BCUT2D eigenvalue weighted by Gasteiger charge is 2.31. The summed E-state index contributed by atoms with van der Waals surface area (Å²) < 4.78 is 25.3. The van der Waals surface area contributed by atoms with Gasteiger partial charge in [-0.15, -0.1) is 0 Å². The molecule has 4 N–H and O–H groups in total. The Morgan fingerprint density at radius 3 is 2.30 bits per heavy atom. The summed E-state index contributed by atoms with van der Waals surface area (Å²) in [7, 11) is 0. The van der Waals surface area contributed by atoms with Gasteiger partial charge in [0.1, 0.15) is 17.8 Å². The number of phenolic OH excluding ortho intramolecular Hbond substituents is 1. The molecular formula is C36H53FN4O6. The van der Waals surface area contributed by atoms with Crippen molar-refractivity contribution in [1.29, 1.82) is 0 Å². The molecule has 0 saturated carbocycles. The third-order valence-corrected chi connectivity index (χ3v) is 8.16. The van der Waals surface area contributed by atoms with E-state index in [0.29, 0.717) is 63.9 Å². The summed E-state index contributed by atoms with van der Waals surface area (Å²) in [6.45, 7) is 15.3. The number of carbonyl (C=O) groups excluding carboxylic acids is 3. The van der Waals surface area contributed by atoms with Crippen molar-refractivity contribution in [1.82, 2.24) is 20.9 Å². The summed E-state index contributed by atoms with van der Waals surface area (Å²) in [4.78, 5) is 42.4. The van der Waals surface area contributed by atoms with Gasteiger partial charge in [0.15, 0.2) is 11.6 Å². The lowest BCUT2D eigenvalue weighted by atomic mass is 9.97. The average Bonchev–Trinajstić information content (AvgIpc) is 3.03. The minimum Gasteiger partial charge on any atom is -0.505 e. The van der Waals surface area contributed by atoms with Crippen molar-refractivity contribution in [2.75, 3.05) is 46.0 Å². The van der Waals surface area contributed by atoms with Gasteiger partial charge in [-0.05, 0) is 59.9 Å². The molecule has 0 radical (unpaired) electrons. The number of nitrogens with one attached hydrogen (secondary N) is 3. The Morgan fingerprint density at radius 1 is 0.936 bits per heavy atom. The van der Waals surface area contributed by atoms with Gasteiger partial charge in [-0.25, -0.2) is 4.39 Å². The van der Waals surface area contributed by atoms with E-state index in [1.807, 2.05) is 38.1 Å². The van der Waals surface area contributed by atoms with Crippen molar-refractivity contribution in [3.8, 4) is 11.5 Å². The molecule has 1 heterocycles. The zero-order valence-electron chi connectivity index (χ0n) is 28.7. The Balaban J connectivity index is 1.64. The number of para-hydroxylation sites is 1. The monoisotopic (exact) mass is 656 g/mol. The molecule has 0 unspecified atom stereocenters. The van der Waals surface area contributed by atoms with Gasteiger partial charge in [-0.2, -0.15) is 0 Å². The lowest BCUT2D eigenvalue weighted by molar-refractivity contribution is -0.134. The van der Waals surface area contributed by atoms with Crippen LogP contribution in [0.15, 0.2) is 42.5 Å². The van der Waals surface area contributed by atoms with Gasteiger partial charge in [-0.3, -0.25) is 19.3 Å². The van der Waals surface area contributed by atoms with Crippen molar-refractivity contribution in [3.05, 3.63) is 59.4 Å². The summed E-state index contributed by atoms with van der Waals surface area (Å²) in [6, 6.07) is 10.2. The van der Waals surface area contributed by atoms with Gasteiger partial charge >= 0.3 is 0 Å². The van der Waals surface area contributed by atoms with Crippen LogP contribution in [0.2, 0.25) is 0 Å². The van der Waals surface area contributed by atoms with Crippen LogP contribution in [0.25, 0.3) is 0 Å². The average molecular weight is 657 g/mol. The van der Waals surface area contributed by atoms with Gasteiger partial charge < -0.3 is 30.5 Å². The number of hydrogen-bond donors (Lipinski definition) is 4. The quantitative estimate of drug-likeness (QED) is 0.205. The first kappa shape index (κ1) is 37.8. The second-order valence-electron chi connectivity index (χ2n) is 13.5. The van der Waals surface area contributed by atoms with E-state index in [9.17, 15) is 23.9 Å². The third kappa shape index (κ3) is 12.4. The number of carbonyl (C=O) groups is 3. The number of morpholine rings is 1. The Bertz CT molecular complexity index is 1320. The summed E-state index contributed by atoms with van der Waals surface area (Å²) in [5.74, 6) is -1.79. The molecule has 2 aromatic rings. The number of phenols is 1. The molecule has 1 saturated heterocycles. The number of ether oxygens (including phenoxy) is 2. The molecule has 1 aliphatic heterocycles. The molecule has 0 aliphatic carbocycles. The van der Waals surface area contributed by atoms with Crippen LogP contribution in [-0.2, 0) is 32.0 Å². The van der Waals surface area contributed by atoms with E-state index < -0.39 is 35.5 Å². The van der Waals surface area contributed by atoms with Gasteiger partial charge in [0, 0.05) is 32.1 Å². The van der Waals surface area contributed by atoms with Crippen LogP contribution in [0, 0.1) is 29.5 Å². The number of amides is 3. The maximum absolute atomic E-state index is 13.8. The molecule has 0 aromatic heterocycles. The molecule has 1 fully saturated rings. The van der Waals surface area contributed by atoms with Gasteiger partial charge in [0.2, 0.25) is 17.7 Å². The SMILES string of the molecule is CC(C)COc1ccccc1C[C@H](C)CNC(=O)[C@H](CN1CCOCC1)NC(=O)[C@H](NC(=O)[C@H](C)Cc1ccc(O)c(F)c1)C(C)C. The van der Waals surface area contributed by atoms with Crippen LogP contribution in [0.4, 0.5) is 4.39 Å². The third-order valence-electron chi connectivity index (χ3n) is 8.16. The lowest BCUT2D eigenvalue weighted by Gasteiger charge is -2.32. The highest BCUT2D eigenvalue weighted by molar-refractivity contribution is 5.92. The van der Waals surface area contributed by atoms with Crippen molar-refractivity contribution in [2.24, 2.45) is 23.7 Å². The standard InChI is InChI=1S/C36H53FN4O6/c1-23(2)22-47-32-10-8-7-9-28(32)17-25(5)20-38-35(44)30(21-41-13-15-46-16-14-41)39-36(45)33(24(3)4)40-34(43)26(6)18-27-11-12-31(42)29(37)19-27/h7-12,19,23-26,30,33,42H,13-18,20-22H2,1-6H3,(H,38,44)(H,39,45)(H,40,43)/t25-,26+,30-,33+/m0/s1. The van der Waals surface area contributed by atoms with Crippen LogP contribution in [0.5, 0.6) is 11.5 Å². The topological polar surface area (TPSA) is 129 Å². The minimum absolute atomic E-state index is 0.105. The molecule has 47 heavy (non-hydrogen) atoms. The fourth-order valence-electron chi connectivity index (χ4n) is 5.37. The Hall–Kier alpha value is -3.70. The number of rotatable bonds is 17. The minimum atomic E-state index is -0.886. The summed E-state index contributed by atoms with van der Waals surface area (Å²) in [5, 5.41) is 18.3. The fraction of sp³-hybridized carbons (Fsp3) is 0.583. The van der Waals surface area contributed by atoms with Crippen LogP contribution in [0.3, 0.4) is 0 Å². The first-order chi connectivity index (χ1) is 22.3. The van der Waals surface area contributed by atoms with Gasteiger partial charge in [0.05, 0.1) is 19.8 Å². The molecule has 2 aromatic carbocycles. The first-order valence-corrected chi connectivity index (χ1v) is 16.7. The molecule has 3 amide bonds. The van der Waals surface area contributed by atoms with Crippen molar-refractivity contribution >= 4 is 17.7 Å².